The molecule has 0 bridgehead atoms. The van der Waals surface area contributed by atoms with Crippen LogP contribution in [0.2, 0.25) is 0 Å². The molecule has 0 aliphatic heterocycles. The van der Waals surface area contributed by atoms with Gasteiger partial charge in [-0.15, -0.1) is 11.3 Å². The Hall–Kier alpha value is -2.98. The summed E-state index contributed by atoms with van der Waals surface area (Å²) in [5, 5.41) is 5.88. The summed E-state index contributed by atoms with van der Waals surface area (Å²) < 4.78 is 0. The number of aromatic nitrogens is 1. The van der Waals surface area contributed by atoms with E-state index in [2.05, 4.69) is 12.2 Å². The zero-order valence-electron chi connectivity index (χ0n) is 14.4. The summed E-state index contributed by atoms with van der Waals surface area (Å²) in [6.07, 6.45) is 0.980. The molecule has 0 aliphatic carbocycles. The quantitative estimate of drug-likeness (QED) is 0.502. The minimum absolute atomic E-state index is 0.120. The molecule has 0 spiro atoms. The van der Waals surface area contributed by atoms with Crippen LogP contribution in [0, 0.1) is 0 Å². The lowest BCUT2D eigenvalue weighted by molar-refractivity contribution is 0.102. The van der Waals surface area contributed by atoms with Gasteiger partial charge < -0.3 is 5.32 Å². The van der Waals surface area contributed by atoms with E-state index in [0.29, 0.717) is 5.56 Å². The summed E-state index contributed by atoms with van der Waals surface area (Å²) in [5.74, 6) is -0.120. The second kappa shape index (κ2) is 7.10. The van der Waals surface area contributed by atoms with Gasteiger partial charge in [-0.2, -0.15) is 0 Å². The number of fused-ring (bicyclic) bond motifs is 1. The second-order valence-electron chi connectivity index (χ2n) is 6.05. The molecule has 1 amide bonds. The van der Waals surface area contributed by atoms with Crippen molar-refractivity contribution in [1.82, 2.24) is 4.98 Å². The Morgan fingerprint density at radius 1 is 1.04 bits per heavy atom. The normalized spacial score (nSPS) is 10.8. The predicted molar refractivity (Wildman–Crippen MR) is 109 cm³/mol. The third-order valence-corrected chi connectivity index (χ3v) is 5.25. The van der Waals surface area contributed by atoms with E-state index in [1.54, 1.807) is 11.3 Å². The number of carbonyl (C=O) groups is 1. The lowest BCUT2D eigenvalue weighted by Gasteiger charge is -2.10. The molecule has 4 heteroatoms. The molecule has 4 rings (SSSR count). The number of hydrogen-bond acceptors (Lipinski definition) is 3. The molecule has 2 heterocycles. The topological polar surface area (TPSA) is 42.0 Å². The van der Waals surface area contributed by atoms with Crippen LogP contribution in [-0.2, 0) is 6.42 Å². The van der Waals surface area contributed by atoms with E-state index in [4.69, 9.17) is 4.98 Å². The van der Waals surface area contributed by atoms with Crippen molar-refractivity contribution in [2.45, 2.75) is 13.3 Å². The van der Waals surface area contributed by atoms with Crippen LogP contribution >= 0.6 is 11.3 Å². The maximum Gasteiger partial charge on any atom is 0.256 e. The number of amides is 1. The highest BCUT2D eigenvalue weighted by molar-refractivity contribution is 7.13. The molecule has 0 unspecified atom stereocenters. The number of aryl methyl sites for hydroxylation is 1. The average Bonchev–Trinajstić information content (AvgIpc) is 3.22. The van der Waals surface area contributed by atoms with E-state index in [0.717, 1.165) is 33.6 Å². The first-order valence-corrected chi connectivity index (χ1v) is 9.46. The third kappa shape index (κ3) is 3.24. The van der Waals surface area contributed by atoms with Crippen molar-refractivity contribution >= 4 is 33.8 Å². The molecule has 0 saturated heterocycles. The number of nitrogens with zero attached hydrogens (tertiary/aromatic N) is 1. The fraction of sp³-hybridized carbons (Fsp3) is 0.0909. The molecule has 0 atom stereocenters. The van der Waals surface area contributed by atoms with E-state index >= 15 is 0 Å². The lowest BCUT2D eigenvalue weighted by Crippen LogP contribution is -2.13. The Labute approximate surface area is 156 Å². The first-order chi connectivity index (χ1) is 12.7. The van der Waals surface area contributed by atoms with Crippen LogP contribution in [0.1, 0.15) is 22.8 Å². The largest absolute Gasteiger partial charge is 0.322 e. The van der Waals surface area contributed by atoms with E-state index < -0.39 is 0 Å². The van der Waals surface area contributed by atoms with E-state index in [-0.39, 0.29) is 5.91 Å². The van der Waals surface area contributed by atoms with E-state index in [1.807, 2.05) is 72.1 Å². The average molecular weight is 358 g/mol. The van der Waals surface area contributed by atoms with Gasteiger partial charge in [-0.1, -0.05) is 43.3 Å². The number of nitrogens with one attached hydrogen (secondary N) is 1. The number of para-hydroxylation sites is 1. The summed E-state index contributed by atoms with van der Waals surface area (Å²) in [4.78, 5) is 18.7. The van der Waals surface area contributed by atoms with Crippen LogP contribution in [0.3, 0.4) is 0 Å². The third-order valence-electron chi connectivity index (χ3n) is 4.35. The van der Waals surface area contributed by atoms with Gasteiger partial charge in [-0.05, 0) is 47.7 Å². The summed E-state index contributed by atoms with van der Waals surface area (Å²) in [6, 6.07) is 21.6. The van der Waals surface area contributed by atoms with Crippen molar-refractivity contribution in [3.8, 4) is 10.6 Å². The van der Waals surface area contributed by atoms with Crippen molar-refractivity contribution in [2.24, 2.45) is 0 Å². The van der Waals surface area contributed by atoms with Crippen LogP contribution in [0.25, 0.3) is 21.5 Å². The molecule has 128 valence electrons. The monoisotopic (exact) mass is 358 g/mol. The number of anilines is 1. The van der Waals surface area contributed by atoms with Gasteiger partial charge in [0.1, 0.15) is 0 Å². The van der Waals surface area contributed by atoms with Crippen molar-refractivity contribution in [3.05, 3.63) is 83.2 Å². The highest BCUT2D eigenvalue weighted by atomic mass is 32.1. The molecular formula is C22H18N2OS. The number of hydrogen-bond donors (Lipinski definition) is 1. The number of thiophene rings is 1. The van der Waals surface area contributed by atoms with Gasteiger partial charge in [0, 0.05) is 11.1 Å². The van der Waals surface area contributed by atoms with Crippen molar-refractivity contribution < 1.29 is 4.79 Å². The zero-order chi connectivity index (χ0) is 17.9. The Bertz CT molecular complexity index is 1050. The Balaban J connectivity index is 1.75. The highest BCUT2D eigenvalue weighted by Crippen LogP contribution is 2.28. The molecule has 3 nitrogen and oxygen atoms in total. The van der Waals surface area contributed by atoms with Crippen LogP contribution in [-0.4, -0.2) is 10.9 Å². The minimum Gasteiger partial charge on any atom is -0.322 e. The fourth-order valence-corrected chi connectivity index (χ4v) is 3.62. The minimum atomic E-state index is -0.120. The molecule has 2 aromatic carbocycles. The summed E-state index contributed by atoms with van der Waals surface area (Å²) in [7, 11) is 0. The van der Waals surface area contributed by atoms with Gasteiger partial charge in [0.05, 0.1) is 21.7 Å². The Kier molecular flexibility index (Phi) is 4.50. The van der Waals surface area contributed by atoms with Gasteiger partial charge in [0.15, 0.2) is 0 Å². The summed E-state index contributed by atoms with van der Waals surface area (Å²) >= 11 is 1.62. The fourth-order valence-electron chi connectivity index (χ4n) is 2.94. The number of benzene rings is 2. The maximum absolute atomic E-state index is 13.0. The first-order valence-electron chi connectivity index (χ1n) is 8.58. The lowest BCUT2D eigenvalue weighted by atomic mass is 10.1. The van der Waals surface area contributed by atoms with Gasteiger partial charge in [-0.25, -0.2) is 4.98 Å². The highest BCUT2D eigenvalue weighted by Gasteiger charge is 2.14. The summed E-state index contributed by atoms with van der Waals surface area (Å²) in [5.41, 5.74) is 4.33. The number of rotatable bonds is 4. The Morgan fingerprint density at radius 2 is 1.85 bits per heavy atom. The molecule has 0 radical (unpaired) electrons. The zero-order valence-corrected chi connectivity index (χ0v) is 15.2. The SMILES string of the molecule is CCc1ccc(NC(=O)c2cc(-c3cccs3)nc3ccccc23)cc1. The smallest absolute Gasteiger partial charge is 0.256 e. The first kappa shape index (κ1) is 16.5. The molecule has 1 N–H and O–H groups in total. The van der Waals surface area contributed by atoms with Gasteiger partial charge in [0.25, 0.3) is 5.91 Å². The van der Waals surface area contributed by atoms with Gasteiger partial charge in [0.2, 0.25) is 0 Å². The Morgan fingerprint density at radius 3 is 2.58 bits per heavy atom. The van der Waals surface area contributed by atoms with Crippen LogP contribution in [0.5, 0.6) is 0 Å². The maximum atomic E-state index is 13.0. The van der Waals surface area contributed by atoms with E-state index in [9.17, 15) is 4.79 Å². The molecule has 4 aromatic rings. The van der Waals surface area contributed by atoms with E-state index in [1.165, 1.54) is 5.56 Å². The molecule has 0 aliphatic rings. The molecule has 0 fully saturated rings. The van der Waals surface area contributed by atoms with Gasteiger partial charge >= 0.3 is 0 Å². The predicted octanol–water partition coefficient (Wildman–Crippen LogP) is 5.78. The van der Waals surface area contributed by atoms with Crippen molar-refractivity contribution in [2.75, 3.05) is 5.32 Å². The van der Waals surface area contributed by atoms with Crippen LogP contribution < -0.4 is 5.32 Å². The standard InChI is InChI=1S/C22H18N2OS/c1-2-15-9-11-16(12-10-15)23-22(25)18-14-20(21-8-5-13-26-21)24-19-7-4-3-6-17(18)19/h3-14H,2H2,1H3,(H,23,25). The number of pyridine rings is 1. The van der Waals surface area contributed by atoms with Crippen molar-refractivity contribution in [1.29, 1.82) is 0 Å². The van der Waals surface area contributed by atoms with Crippen LogP contribution in [0.15, 0.2) is 72.1 Å². The second-order valence-corrected chi connectivity index (χ2v) is 7.00. The van der Waals surface area contributed by atoms with Crippen molar-refractivity contribution in [3.63, 3.8) is 0 Å². The molecule has 26 heavy (non-hydrogen) atoms. The van der Waals surface area contributed by atoms with Gasteiger partial charge in [-0.3, -0.25) is 4.79 Å². The summed E-state index contributed by atoms with van der Waals surface area (Å²) in [6.45, 7) is 2.11. The van der Waals surface area contributed by atoms with Crippen LogP contribution in [0.4, 0.5) is 5.69 Å². The molecule has 2 aromatic heterocycles. The number of carbonyl (C=O) groups excluding carboxylic acids is 1. The molecular weight excluding hydrogens is 340 g/mol. The molecule has 0 saturated carbocycles.